The lowest BCUT2D eigenvalue weighted by Crippen LogP contribution is -2.20. The van der Waals surface area contributed by atoms with Crippen LogP contribution in [0.2, 0.25) is 0 Å². The first-order valence-corrected chi connectivity index (χ1v) is 13.5. The summed E-state index contributed by atoms with van der Waals surface area (Å²) in [6, 6.07) is 16.9. The molecule has 1 aromatic carbocycles. The van der Waals surface area contributed by atoms with E-state index in [0.717, 1.165) is 34.1 Å². The number of aromatic amines is 2. The summed E-state index contributed by atoms with van der Waals surface area (Å²) < 4.78 is 6.23. The third kappa shape index (κ3) is 7.95. The Balaban J connectivity index is 1.28. The normalized spacial score (nSPS) is 16.1. The Morgan fingerprint density at radius 2 is 1.63 bits per heavy atom. The van der Waals surface area contributed by atoms with Gasteiger partial charge in [0.15, 0.2) is 0 Å². The monoisotopic (exact) mass is 471 g/mol. The molecule has 35 heavy (non-hydrogen) atoms. The lowest BCUT2D eigenvalue weighted by atomic mass is 10.0. The van der Waals surface area contributed by atoms with Crippen LogP contribution in [0.15, 0.2) is 72.6 Å². The molecule has 0 fully saturated rings. The zero-order valence-corrected chi connectivity index (χ0v) is 21.2. The molecule has 1 aliphatic heterocycles. The summed E-state index contributed by atoms with van der Waals surface area (Å²) in [7, 11) is 0. The van der Waals surface area contributed by atoms with Crippen molar-refractivity contribution >= 4 is 6.08 Å². The van der Waals surface area contributed by atoms with Gasteiger partial charge in [0.05, 0.1) is 17.1 Å². The maximum Gasteiger partial charge on any atom is 0.145 e. The van der Waals surface area contributed by atoms with Gasteiger partial charge >= 0.3 is 0 Å². The van der Waals surface area contributed by atoms with Crippen molar-refractivity contribution in [2.24, 2.45) is 0 Å². The van der Waals surface area contributed by atoms with Crippen molar-refractivity contribution in [2.75, 3.05) is 0 Å². The Kier molecular flexibility index (Phi) is 9.75. The van der Waals surface area contributed by atoms with Crippen molar-refractivity contribution in [3.8, 4) is 17.1 Å². The number of aromatic nitrogens is 2. The van der Waals surface area contributed by atoms with Crippen LogP contribution < -0.4 is 10.1 Å². The van der Waals surface area contributed by atoms with Crippen LogP contribution >= 0.6 is 0 Å². The minimum atomic E-state index is 0.428. The summed E-state index contributed by atoms with van der Waals surface area (Å²) in [5.74, 6) is 0.864. The highest BCUT2D eigenvalue weighted by Gasteiger charge is 2.15. The molecule has 0 radical (unpaired) electrons. The molecular formula is C31H41N3O. The lowest BCUT2D eigenvalue weighted by Gasteiger charge is -2.11. The van der Waals surface area contributed by atoms with Gasteiger partial charge in [0, 0.05) is 24.0 Å². The van der Waals surface area contributed by atoms with Gasteiger partial charge in [-0.25, -0.2) is 0 Å². The summed E-state index contributed by atoms with van der Waals surface area (Å²) in [6.45, 7) is 2.83. The van der Waals surface area contributed by atoms with Crippen LogP contribution in [0.5, 0.6) is 5.75 Å². The van der Waals surface area contributed by atoms with Crippen molar-refractivity contribution < 1.29 is 4.74 Å². The van der Waals surface area contributed by atoms with Crippen LogP contribution in [0, 0.1) is 0 Å². The predicted octanol–water partition coefficient (Wildman–Crippen LogP) is 8.38. The minimum Gasteiger partial charge on any atom is -0.487 e. The van der Waals surface area contributed by atoms with Crippen LogP contribution in [0.4, 0.5) is 0 Å². The van der Waals surface area contributed by atoms with Crippen molar-refractivity contribution in [1.29, 1.82) is 0 Å². The first-order valence-electron chi connectivity index (χ1n) is 13.5. The van der Waals surface area contributed by atoms with Crippen molar-refractivity contribution in [3.63, 3.8) is 0 Å². The van der Waals surface area contributed by atoms with E-state index in [0.29, 0.717) is 12.6 Å². The van der Waals surface area contributed by atoms with E-state index in [2.05, 4.69) is 64.7 Å². The van der Waals surface area contributed by atoms with Crippen LogP contribution in [-0.2, 0) is 6.61 Å². The predicted molar refractivity (Wildman–Crippen MR) is 147 cm³/mol. The second kappa shape index (κ2) is 13.7. The average molecular weight is 472 g/mol. The highest BCUT2D eigenvalue weighted by molar-refractivity contribution is 5.67. The van der Waals surface area contributed by atoms with Crippen LogP contribution in [-0.4, -0.2) is 16.0 Å². The number of nitrogens with one attached hydrogen (secondary N) is 3. The quantitative estimate of drug-likeness (QED) is 0.195. The van der Waals surface area contributed by atoms with Crippen molar-refractivity contribution in [3.05, 3.63) is 83.8 Å². The van der Waals surface area contributed by atoms with Gasteiger partial charge in [0.2, 0.25) is 0 Å². The molecule has 1 atom stereocenters. The summed E-state index contributed by atoms with van der Waals surface area (Å²) >= 11 is 0. The fraction of sp³-hybridized carbons (Fsp3) is 0.419. The van der Waals surface area contributed by atoms with Crippen LogP contribution in [0.25, 0.3) is 17.5 Å². The molecule has 2 aromatic heterocycles. The Labute approximate surface area is 210 Å². The van der Waals surface area contributed by atoms with E-state index in [9.17, 15) is 0 Å². The molecule has 0 aliphatic carbocycles. The van der Waals surface area contributed by atoms with Gasteiger partial charge < -0.3 is 20.0 Å². The molecule has 4 nitrogen and oxygen atoms in total. The van der Waals surface area contributed by atoms with E-state index >= 15 is 0 Å². The van der Waals surface area contributed by atoms with Crippen LogP contribution in [0.1, 0.15) is 82.4 Å². The molecule has 0 saturated carbocycles. The standard InChI is InChI=1S/C31H41N3O/c1-2-3-4-5-6-7-8-9-13-17-26-19-20-27(33-26)22-30-31(35-24-25-15-11-10-12-16-25)23-29(34-30)28-18-14-21-32-28/h10-12,14-16,18-23,26,32-34H,2-9,13,17,24H2,1H3/b27-22-. The summed E-state index contributed by atoms with van der Waals surface area (Å²) in [5.41, 5.74) is 5.36. The van der Waals surface area contributed by atoms with Gasteiger partial charge in [-0.05, 0) is 36.3 Å². The third-order valence-electron chi connectivity index (χ3n) is 6.71. The molecule has 3 aromatic rings. The van der Waals surface area contributed by atoms with Gasteiger partial charge in [-0.1, -0.05) is 101 Å². The Bertz CT molecular complexity index is 1050. The number of hydrogen-bond acceptors (Lipinski definition) is 2. The number of unbranched alkanes of at least 4 members (excludes halogenated alkanes) is 8. The molecular weight excluding hydrogens is 430 g/mol. The molecule has 0 spiro atoms. The number of H-pyrrole nitrogens is 2. The van der Waals surface area contributed by atoms with Crippen molar-refractivity contribution in [1.82, 2.24) is 15.3 Å². The molecule has 3 heterocycles. The van der Waals surface area contributed by atoms with E-state index in [-0.39, 0.29) is 0 Å². The number of rotatable bonds is 15. The molecule has 0 amide bonds. The molecule has 4 heteroatoms. The Morgan fingerprint density at radius 1 is 0.857 bits per heavy atom. The SMILES string of the molecule is CCCCCCCCCCCC1C=C/C(=C/c2[nH]c(-c3ccc[nH]3)cc2OCc2ccccc2)N1. The maximum absolute atomic E-state index is 6.23. The Hall–Kier alpha value is -3.14. The molecule has 0 bridgehead atoms. The molecule has 1 unspecified atom stereocenters. The summed E-state index contributed by atoms with van der Waals surface area (Å²) in [4.78, 5) is 6.82. The molecule has 186 valence electrons. The van der Waals surface area contributed by atoms with Gasteiger partial charge in [-0.3, -0.25) is 0 Å². The number of allylic oxidation sites excluding steroid dienone is 1. The smallest absolute Gasteiger partial charge is 0.145 e. The largest absolute Gasteiger partial charge is 0.487 e. The first-order chi connectivity index (χ1) is 17.3. The van der Waals surface area contributed by atoms with E-state index < -0.39 is 0 Å². The number of ether oxygens (including phenoxy) is 1. The Morgan fingerprint density at radius 3 is 2.37 bits per heavy atom. The maximum atomic E-state index is 6.23. The zero-order valence-electron chi connectivity index (χ0n) is 21.2. The number of benzene rings is 1. The molecule has 3 N–H and O–H groups in total. The second-order valence-corrected chi connectivity index (χ2v) is 9.65. The topological polar surface area (TPSA) is 52.8 Å². The number of hydrogen-bond donors (Lipinski definition) is 3. The highest BCUT2D eigenvalue weighted by Crippen LogP contribution is 2.29. The first kappa shape index (κ1) is 25.0. The van der Waals surface area contributed by atoms with Crippen LogP contribution in [0.3, 0.4) is 0 Å². The fourth-order valence-corrected chi connectivity index (χ4v) is 4.68. The lowest BCUT2D eigenvalue weighted by molar-refractivity contribution is 0.306. The van der Waals surface area contributed by atoms with Gasteiger partial charge in [0.1, 0.15) is 12.4 Å². The fourth-order valence-electron chi connectivity index (χ4n) is 4.68. The molecule has 0 saturated heterocycles. The summed E-state index contributed by atoms with van der Waals surface area (Å²) in [5, 5.41) is 3.68. The van der Waals surface area contributed by atoms with Gasteiger partial charge in [-0.15, -0.1) is 0 Å². The molecule has 4 rings (SSSR count). The second-order valence-electron chi connectivity index (χ2n) is 9.65. The zero-order chi connectivity index (χ0) is 24.1. The van der Waals surface area contributed by atoms with Gasteiger partial charge in [0.25, 0.3) is 0 Å². The van der Waals surface area contributed by atoms with E-state index in [1.165, 1.54) is 64.2 Å². The average Bonchev–Trinajstić information content (AvgIpc) is 3.64. The third-order valence-corrected chi connectivity index (χ3v) is 6.71. The van der Waals surface area contributed by atoms with Crippen molar-refractivity contribution in [2.45, 2.75) is 83.8 Å². The highest BCUT2D eigenvalue weighted by atomic mass is 16.5. The van der Waals surface area contributed by atoms with Gasteiger partial charge in [-0.2, -0.15) is 0 Å². The minimum absolute atomic E-state index is 0.428. The van der Waals surface area contributed by atoms with E-state index in [1.807, 2.05) is 30.5 Å². The summed E-state index contributed by atoms with van der Waals surface area (Å²) in [6.07, 6.45) is 22.2. The molecule has 1 aliphatic rings. The van der Waals surface area contributed by atoms with E-state index in [4.69, 9.17) is 4.74 Å². The van der Waals surface area contributed by atoms with E-state index in [1.54, 1.807) is 0 Å².